The van der Waals surface area contributed by atoms with Crippen molar-refractivity contribution in [2.24, 2.45) is 0 Å². The summed E-state index contributed by atoms with van der Waals surface area (Å²) in [5.74, 6) is -0.687. The first-order chi connectivity index (χ1) is 9.13. The van der Waals surface area contributed by atoms with Crippen LogP contribution in [0.25, 0.3) is 0 Å². The van der Waals surface area contributed by atoms with E-state index in [-0.39, 0.29) is 11.3 Å². The van der Waals surface area contributed by atoms with Gasteiger partial charge in [-0.25, -0.2) is 0 Å². The lowest BCUT2D eigenvalue weighted by Gasteiger charge is -2.09. The molecule has 5 nitrogen and oxygen atoms in total. The largest absolute Gasteiger partial charge is 0.505 e. The molecule has 0 radical (unpaired) electrons. The molecule has 0 aliphatic heterocycles. The van der Waals surface area contributed by atoms with E-state index in [2.05, 4.69) is 10.3 Å². The van der Waals surface area contributed by atoms with Crippen molar-refractivity contribution >= 4 is 11.6 Å². The molecule has 2 rings (SSSR count). The number of hydrogen-bond acceptors (Lipinski definition) is 4. The molecule has 0 spiro atoms. The molecule has 1 heterocycles. The number of aryl methyl sites for hydroxylation is 1. The Bertz CT molecular complexity index is 675. The highest BCUT2D eigenvalue weighted by Crippen LogP contribution is 2.21. The molecule has 1 aromatic carbocycles. The minimum atomic E-state index is -0.484. The van der Waals surface area contributed by atoms with Crippen molar-refractivity contribution in [1.29, 1.82) is 5.26 Å². The molecule has 5 heteroatoms. The number of nitriles is 1. The van der Waals surface area contributed by atoms with Crippen molar-refractivity contribution in [3.8, 4) is 11.8 Å². The van der Waals surface area contributed by atoms with Gasteiger partial charge in [-0.2, -0.15) is 5.26 Å². The van der Waals surface area contributed by atoms with Crippen LogP contribution in [0.1, 0.15) is 21.5 Å². The van der Waals surface area contributed by atoms with Gasteiger partial charge in [-0.05, 0) is 24.6 Å². The van der Waals surface area contributed by atoms with Gasteiger partial charge in [0.2, 0.25) is 0 Å². The van der Waals surface area contributed by atoms with Gasteiger partial charge in [0, 0.05) is 6.20 Å². The highest BCUT2D eigenvalue weighted by molar-refractivity contribution is 6.06. The fourth-order valence-corrected chi connectivity index (χ4v) is 1.69. The number of nitrogens with zero attached hydrogens (tertiary/aromatic N) is 2. The predicted molar refractivity (Wildman–Crippen MR) is 69.7 cm³/mol. The Morgan fingerprint density at radius 3 is 2.89 bits per heavy atom. The fourth-order valence-electron chi connectivity index (χ4n) is 1.69. The third-order valence-corrected chi connectivity index (χ3v) is 2.68. The van der Waals surface area contributed by atoms with Crippen LogP contribution in [0.3, 0.4) is 0 Å². The first kappa shape index (κ1) is 12.6. The molecule has 0 atom stereocenters. The Kier molecular flexibility index (Phi) is 3.44. The minimum absolute atomic E-state index is 0.111. The van der Waals surface area contributed by atoms with E-state index in [9.17, 15) is 9.90 Å². The quantitative estimate of drug-likeness (QED) is 0.859. The average Bonchev–Trinajstić information content (AvgIpc) is 2.39. The molecule has 0 aliphatic carbocycles. The summed E-state index contributed by atoms with van der Waals surface area (Å²) in [6.07, 6.45) is 2.60. The van der Waals surface area contributed by atoms with Gasteiger partial charge in [-0.1, -0.05) is 12.1 Å². The standard InChI is InChI=1S/C14H11N3O2/c1-9-3-2-4-12(11(9)7-15)17-14(19)10-5-6-16-8-13(10)18/h2-6,8,18H,1H3,(H,17,19). The van der Waals surface area contributed by atoms with E-state index in [0.717, 1.165) is 5.56 Å². The number of carbonyl (C=O) groups is 1. The molecule has 2 aromatic rings. The first-order valence-corrected chi connectivity index (χ1v) is 5.57. The predicted octanol–water partition coefficient (Wildman–Crippen LogP) is 2.22. The van der Waals surface area contributed by atoms with Gasteiger partial charge >= 0.3 is 0 Å². The fraction of sp³-hybridized carbons (Fsp3) is 0.0714. The summed E-state index contributed by atoms with van der Waals surface area (Å²) in [6.45, 7) is 1.79. The third kappa shape index (κ3) is 2.53. The Morgan fingerprint density at radius 1 is 1.42 bits per heavy atom. The van der Waals surface area contributed by atoms with E-state index in [0.29, 0.717) is 11.3 Å². The van der Waals surface area contributed by atoms with Gasteiger partial charge in [0.15, 0.2) is 0 Å². The Morgan fingerprint density at radius 2 is 2.21 bits per heavy atom. The molecular weight excluding hydrogens is 242 g/mol. The van der Waals surface area contributed by atoms with E-state index in [1.54, 1.807) is 25.1 Å². The number of nitrogens with one attached hydrogen (secondary N) is 1. The van der Waals surface area contributed by atoms with E-state index in [4.69, 9.17) is 5.26 Å². The van der Waals surface area contributed by atoms with Crippen LogP contribution < -0.4 is 5.32 Å². The third-order valence-electron chi connectivity index (χ3n) is 2.68. The van der Waals surface area contributed by atoms with E-state index in [1.807, 2.05) is 6.07 Å². The number of amides is 1. The summed E-state index contributed by atoms with van der Waals surface area (Å²) in [7, 11) is 0. The van der Waals surface area contributed by atoms with Crippen molar-refractivity contribution in [2.75, 3.05) is 5.32 Å². The maximum Gasteiger partial charge on any atom is 0.259 e. The molecule has 2 N–H and O–H groups in total. The van der Waals surface area contributed by atoms with Crippen molar-refractivity contribution < 1.29 is 9.90 Å². The van der Waals surface area contributed by atoms with Crippen LogP contribution in [0.2, 0.25) is 0 Å². The molecule has 0 fully saturated rings. The molecule has 94 valence electrons. The van der Waals surface area contributed by atoms with E-state index in [1.165, 1.54) is 18.5 Å². The second kappa shape index (κ2) is 5.19. The van der Waals surface area contributed by atoms with Gasteiger partial charge in [-0.3, -0.25) is 9.78 Å². The molecule has 0 aliphatic rings. The number of carbonyl (C=O) groups excluding carboxylic acids is 1. The maximum absolute atomic E-state index is 12.0. The van der Waals surface area contributed by atoms with Gasteiger partial charge < -0.3 is 10.4 Å². The maximum atomic E-state index is 12.0. The lowest BCUT2D eigenvalue weighted by molar-refractivity contribution is 0.102. The number of rotatable bonds is 2. The monoisotopic (exact) mass is 253 g/mol. The van der Waals surface area contributed by atoms with Gasteiger partial charge in [0.25, 0.3) is 5.91 Å². The van der Waals surface area contributed by atoms with Gasteiger partial charge in [0.1, 0.15) is 11.8 Å². The topological polar surface area (TPSA) is 86.0 Å². The lowest BCUT2D eigenvalue weighted by Crippen LogP contribution is -2.13. The molecule has 0 saturated carbocycles. The molecule has 1 aromatic heterocycles. The highest BCUT2D eigenvalue weighted by atomic mass is 16.3. The molecule has 1 amide bonds. The Labute approximate surface area is 110 Å². The summed E-state index contributed by atoms with van der Waals surface area (Å²) in [6, 6.07) is 8.63. The zero-order valence-corrected chi connectivity index (χ0v) is 10.2. The highest BCUT2D eigenvalue weighted by Gasteiger charge is 2.13. The second-order valence-corrected chi connectivity index (χ2v) is 3.96. The van der Waals surface area contributed by atoms with Crippen LogP contribution in [-0.4, -0.2) is 16.0 Å². The van der Waals surface area contributed by atoms with Crippen LogP contribution >= 0.6 is 0 Å². The van der Waals surface area contributed by atoms with Crippen molar-refractivity contribution in [3.63, 3.8) is 0 Å². The number of anilines is 1. The molecule has 19 heavy (non-hydrogen) atoms. The smallest absolute Gasteiger partial charge is 0.259 e. The van der Waals surface area contributed by atoms with Crippen molar-refractivity contribution in [2.45, 2.75) is 6.92 Å². The number of hydrogen-bond donors (Lipinski definition) is 2. The summed E-state index contributed by atoms with van der Waals surface area (Å²) in [5, 5.41) is 21.2. The van der Waals surface area contributed by atoms with Crippen LogP contribution in [0.5, 0.6) is 5.75 Å². The zero-order chi connectivity index (χ0) is 13.8. The van der Waals surface area contributed by atoms with Gasteiger partial charge in [0.05, 0.1) is 23.0 Å². The Hall–Kier alpha value is -2.87. The van der Waals surface area contributed by atoms with Crippen LogP contribution in [-0.2, 0) is 0 Å². The Balaban J connectivity index is 2.33. The average molecular weight is 253 g/mol. The number of aromatic hydroxyl groups is 1. The van der Waals surface area contributed by atoms with Crippen LogP contribution in [0, 0.1) is 18.3 Å². The molecule has 0 bridgehead atoms. The van der Waals surface area contributed by atoms with E-state index >= 15 is 0 Å². The lowest BCUT2D eigenvalue weighted by atomic mass is 10.1. The molecule has 0 unspecified atom stereocenters. The SMILES string of the molecule is Cc1cccc(NC(=O)c2ccncc2O)c1C#N. The van der Waals surface area contributed by atoms with E-state index < -0.39 is 5.91 Å². The van der Waals surface area contributed by atoms with Crippen LogP contribution in [0.4, 0.5) is 5.69 Å². The second-order valence-electron chi connectivity index (χ2n) is 3.96. The normalized spacial score (nSPS) is 9.68. The summed E-state index contributed by atoms with van der Waals surface area (Å²) < 4.78 is 0. The summed E-state index contributed by atoms with van der Waals surface area (Å²) in [4.78, 5) is 15.7. The number of benzene rings is 1. The summed E-state index contributed by atoms with van der Waals surface area (Å²) >= 11 is 0. The number of pyridine rings is 1. The number of aromatic nitrogens is 1. The first-order valence-electron chi connectivity index (χ1n) is 5.57. The molecular formula is C14H11N3O2. The molecule has 0 saturated heterocycles. The van der Waals surface area contributed by atoms with Crippen molar-refractivity contribution in [3.05, 3.63) is 53.3 Å². The summed E-state index contributed by atoms with van der Waals surface area (Å²) in [5.41, 5.74) is 1.72. The zero-order valence-electron chi connectivity index (χ0n) is 10.2. The van der Waals surface area contributed by atoms with Crippen molar-refractivity contribution in [1.82, 2.24) is 4.98 Å². The minimum Gasteiger partial charge on any atom is -0.505 e. The van der Waals surface area contributed by atoms with Gasteiger partial charge in [-0.15, -0.1) is 0 Å². The van der Waals surface area contributed by atoms with Crippen LogP contribution in [0.15, 0.2) is 36.7 Å².